The molecule has 0 aliphatic heterocycles. The van der Waals surface area contributed by atoms with Gasteiger partial charge in [0.05, 0.1) is 0 Å². The second-order valence-corrected chi connectivity index (χ2v) is 2.99. The van der Waals surface area contributed by atoms with Crippen LogP contribution in [-0.4, -0.2) is 19.1 Å². The van der Waals surface area contributed by atoms with Crippen LogP contribution in [0.1, 0.15) is 18.1 Å². The van der Waals surface area contributed by atoms with Crippen LogP contribution in [-0.2, 0) is 6.42 Å². The van der Waals surface area contributed by atoms with Gasteiger partial charge in [0.15, 0.2) is 0 Å². The number of anilines is 2. The Morgan fingerprint density at radius 1 is 1.31 bits per heavy atom. The number of aromatic nitrogens is 1. The van der Waals surface area contributed by atoms with Crippen molar-refractivity contribution in [1.82, 2.24) is 4.98 Å². The molecule has 1 heterocycles. The van der Waals surface area contributed by atoms with Gasteiger partial charge >= 0.3 is 0 Å². The van der Waals surface area contributed by atoms with E-state index in [1.54, 1.807) is 0 Å². The molecule has 0 fully saturated rings. The van der Waals surface area contributed by atoms with Crippen molar-refractivity contribution in [3.63, 3.8) is 0 Å². The molecule has 0 radical (unpaired) electrons. The Kier molecular flexibility index (Phi) is 3.12. The number of nitrogens with one attached hydrogen (secondary N) is 2. The number of hydrogen-bond acceptors (Lipinski definition) is 3. The maximum absolute atomic E-state index is 4.40. The van der Waals surface area contributed by atoms with Crippen LogP contribution in [0.5, 0.6) is 0 Å². The van der Waals surface area contributed by atoms with E-state index in [9.17, 15) is 0 Å². The molecule has 1 aromatic heterocycles. The number of pyridine rings is 1. The summed E-state index contributed by atoms with van der Waals surface area (Å²) in [4.78, 5) is 4.40. The fourth-order valence-electron chi connectivity index (χ4n) is 1.40. The normalized spacial score (nSPS) is 9.85. The van der Waals surface area contributed by atoms with E-state index in [2.05, 4.69) is 35.5 Å². The van der Waals surface area contributed by atoms with Gasteiger partial charge < -0.3 is 10.6 Å². The first-order valence-electron chi connectivity index (χ1n) is 4.59. The lowest BCUT2D eigenvalue weighted by Crippen LogP contribution is -2.03. The Labute approximate surface area is 79.6 Å². The van der Waals surface area contributed by atoms with Gasteiger partial charge in [0.1, 0.15) is 11.6 Å². The third-order valence-electron chi connectivity index (χ3n) is 2.25. The van der Waals surface area contributed by atoms with Gasteiger partial charge in [-0.15, -0.1) is 0 Å². The highest BCUT2D eigenvalue weighted by Gasteiger charge is 2.04. The van der Waals surface area contributed by atoms with Gasteiger partial charge in [-0.3, -0.25) is 0 Å². The Balaban J connectivity index is 3.20. The molecular weight excluding hydrogens is 162 g/mol. The van der Waals surface area contributed by atoms with Crippen LogP contribution >= 0.6 is 0 Å². The molecule has 1 aromatic rings. The summed E-state index contributed by atoms with van der Waals surface area (Å²) < 4.78 is 0. The quantitative estimate of drug-likeness (QED) is 0.745. The minimum Gasteiger partial charge on any atom is -0.373 e. The second-order valence-electron chi connectivity index (χ2n) is 2.99. The highest BCUT2D eigenvalue weighted by atomic mass is 15.0. The Bertz CT molecular complexity index is 269. The van der Waals surface area contributed by atoms with Gasteiger partial charge in [-0.2, -0.15) is 0 Å². The average molecular weight is 179 g/mol. The zero-order valence-corrected chi connectivity index (χ0v) is 8.73. The fraction of sp³-hybridized carbons (Fsp3) is 0.500. The molecule has 0 spiro atoms. The van der Waals surface area contributed by atoms with Crippen molar-refractivity contribution >= 4 is 11.6 Å². The van der Waals surface area contributed by atoms with Gasteiger partial charge in [-0.1, -0.05) is 6.92 Å². The van der Waals surface area contributed by atoms with E-state index < -0.39 is 0 Å². The lowest BCUT2D eigenvalue weighted by atomic mass is 10.1. The Morgan fingerprint density at radius 2 is 2.00 bits per heavy atom. The second kappa shape index (κ2) is 4.12. The molecule has 0 atom stereocenters. The van der Waals surface area contributed by atoms with Crippen molar-refractivity contribution in [2.75, 3.05) is 24.7 Å². The Morgan fingerprint density at radius 3 is 2.46 bits per heavy atom. The third kappa shape index (κ3) is 1.91. The van der Waals surface area contributed by atoms with Crippen LogP contribution in [0.4, 0.5) is 11.6 Å². The third-order valence-corrected chi connectivity index (χ3v) is 2.25. The first-order valence-corrected chi connectivity index (χ1v) is 4.59. The van der Waals surface area contributed by atoms with Crippen molar-refractivity contribution < 1.29 is 0 Å². The zero-order chi connectivity index (χ0) is 9.84. The molecule has 2 N–H and O–H groups in total. The summed E-state index contributed by atoms with van der Waals surface area (Å²) in [7, 11) is 3.78. The van der Waals surface area contributed by atoms with Crippen LogP contribution in [0.25, 0.3) is 0 Å². The van der Waals surface area contributed by atoms with Crippen molar-refractivity contribution in [2.45, 2.75) is 20.3 Å². The summed E-state index contributed by atoms with van der Waals surface area (Å²) in [5.41, 5.74) is 2.58. The molecule has 3 heteroatoms. The molecule has 13 heavy (non-hydrogen) atoms. The van der Waals surface area contributed by atoms with E-state index in [1.165, 1.54) is 11.1 Å². The largest absolute Gasteiger partial charge is 0.373 e. The monoisotopic (exact) mass is 179 g/mol. The van der Waals surface area contributed by atoms with E-state index in [0.29, 0.717) is 0 Å². The molecule has 0 aliphatic carbocycles. The SMILES string of the molecule is CCc1cc(NC)nc(NC)c1C. The highest BCUT2D eigenvalue weighted by Crippen LogP contribution is 2.20. The predicted octanol–water partition coefficient (Wildman–Crippen LogP) is 2.04. The number of hydrogen-bond donors (Lipinski definition) is 2. The molecular formula is C10H17N3. The van der Waals surface area contributed by atoms with Gasteiger partial charge in [0.2, 0.25) is 0 Å². The summed E-state index contributed by atoms with van der Waals surface area (Å²) in [5, 5.41) is 6.15. The summed E-state index contributed by atoms with van der Waals surface area (Å²) in [6, 6.07) is 2.09. The first-order chi connectivity index (χ1) is 6.22. The molecule has 0 aromatic carbocycles. The summed E-state index contributed by atoms with van der Waals surface area (Å²) in [6.07, 6.45) is 1.04. The lowest BCUT2D eigenvalue weighted by Gasteiger charge is -2.11. The van der Waals surface area contributed by atoms with Crippen LogP contribution in [0.3, 0.4) is 0 Å². The molecule has 3 nitrogen and oxygen atoms in total. The van der Waals surface area contributed by atoms with Crippen molar-refractivity contribution in [2.24, 2.45) is 0 Å². The number of aryl methyl sites for hydroxylation is 1. The highest BCUT2D eigenvalue weighted by molar-refractivity contribution is 5.54. The molecule has 0 saturated heterocycles. The van der Waals surface area contributed by atoms with E-state index in [4.69, 9.17) is 0 Å². The minimum atomic E-state index is 0.923. The van der Waals surface area contributed by atoms with Crippen LogP contribution in [0.2, 0.25) is 0 Å². The van der Waals surface area contributed by atoms with E-state index >= 15 is 0 Å². The zero-order valence-electron chi connectivity index (χ0n) is 8.73. The van der Waals surface area contributed by atoms with Crippen LogP contribution in [0, 0.1) is 6.92 Å². The summed E-state index contributed by atoms with van der Waals surface area (Å²) >= 11 is 0. The summed E-state index contributed by atoms with van der Waals surface area (Å²) in [5.74, 6) is 1.88. The standard InChI is InChI=1S/C10H17N3/c1-5-8-6-9(11-3)13-10(12-4)7(8)2/h6H,5H2,1-4H3,(H2,11,12,13). The molecule has 0 bridgehead atoms. The maximum atomic E-state index is 4.40. The van der Waals surface area contributed by atoms with Crippen LogP contribution < -0.4 is 10.6 Å². The van der Waals surface area contributed by atoms with Crippen LogP contribution in [0.15, 0.2) is 6.07 Å². The molecule has 0 aliphatic rings. The van der Waals surface area contributed by atoms with Gasteiger partial charge in [-0.05, 0) is 30.5 Å². The molecule has 0 unspecified atom stereocenters. The van der Waals surface area contributed by atoms with Crippen molar-refractivity contribution in [1.29, 1.82) is 0 Å². The van der Waals surface area contributed by atoms with Crippen molar-refractivity contribution in [3.8, 4) is 0 Å². The first kappa shape index (κ1) is 9.84. The predicted molar refractivity (Wildman–Crippen MR) is 57.4 cm³/mol. The lowest BCUT2D eigenvalue weighted by molar-refractivity contribution is 1.08. The van der Waals surface area contributed by atoms with E-state index in [0.717, 1.165) is 18.1 Å². The number of nitrogens with zero attached hydrogens (tertiary/aromatic N) is 1. The van der Waals surface area contributed by atoms with Gasteiger partial charge in [0, 0.05) is 14.1 Å². The molecule has 0 saturated carbocycles. The number of rotatable bonds is 3. The maximum Gasteiger partial charge on any atom is 0.131 e. The average Bonchev–Trinajstić information content (AvgIpc) is 2.18. The van der Waals surface area contributed by atoms with E-state index in [-0.39, 0.29) is 0 Å². The molecule has 0 amide bonds. The van der Waals surface area contributed by atoms with E-state index in [1.807, 2.05) is 14.1 Å². The van der Waals surface area contributed by atoms with Gasteiger partial charge in [-0.25, -0.2) is 4.98 Å². The van der Waals surface area contributed by atoms with Crippen molar-refractivity contribution in [3.05, 3.63) is 17.2 Å². The summed E-state index contributed by atoms with van der Waals surface area (Å²) in [6.45, 7) is 4.25. The fourth-order valence-corrected chi connectivity index (χ4v) is 1.40. The topological polar surface area (TPSA) is 37.0 Å². The Hall–Kier alpha value is -1.25. The molecule has 1 rings (SSSR count). The molecule has 72 valence electrons. The minimum absolute atomic E-state index is 0.923. The smallest absolute Gasteiger partial charge is 0.131 e. The van der Waals surface area contributed by atoms with Gasteiger partial charge in [0.25, 0.3) is 0 Å².